The third-order valence-corrected chi connectivity index (χ3v) is 5.87. The summed E-state index contributed by atoms with van der Waals surface area (Å²) in [5.74, 6) is 0.392. The van der Waals surface area contributed by atoms with E-state index >= 15 is 0 Å². The Kier molecular flexibility index (Phi) is 3.23. The molecular weight excluding hydrogens is 350 g/mol. The first-order valence-corrected chi connectivity index (χ1v) is 8.68. The van der Waals surface area contributed by atoms with Gasteiger partial charge in [-0.1, -0.05) is 24.3 Å². The van der Waals surface area contributed by atoms with Gasteiger partial charge in [0.1, 0.15) is 0 Å². The predicted molar refractivity (Wildman–Crippen MR) is 95.5 cm³/mol. The van der Waals surface area contributed by atoms with Crippen molar-refractivity contribution in [2.24, 2.45) is 0 Å². The second kappa shape index (κ2) is 5.43. The molecule has 3 atom stereocenters. The fourth-order valence-corrected chi connectivity index (χ4v) is 4.72. The molecule has 8 heteroatoms. The maximum Gasteiger partial charge on any atom is 0.256 e. The monoisotopic (exact) mass is 367 g/mol. The van der Waals surface area contributed by atoms with Crippen LogP contribution in [-0.4, -0.2) is 42.2 Å². The zero-order valence-corrected chi connectivity index (χ0v) is 14.5. The topological polar surface area (TPSA) is 93.9 Å². The maximum absolute atomic E-state index is 13.0. The van der Waals surface area contributed by atoms with Gasteiger partial charge in [0.25, 0.3) is 11.9 Å². The highest BCUT2D eigenvalue weighted by molar-refractivity contribution is 6.06. The van der Waals surface area contributed by atoms with E-state index in [4.69, 9.17) is 9.47 Å². The van der Waals surface area contributed by atoms with Crippen LogP contribution in [0.25, 0.3) is 0 Å². The van der Waals surface area contributed by atoms with Gasteiger partial charge in [0, 0.05) is 22.7 Å². The molecule has 1 spiro atoms. The van der Waals surface area contributed by atoms with Crippen LogP contribution in [0.2, 0.25) is 0 Å². The van der Waals surface area contributed by atoms with Crippen LogP contribution in [0.4, 0.5) is 5.69 Å². The Labute approximate surface area is 154 Å². The molecule has 2 aromatic rings. The number of hydrogen-bond acceptors (Lipinski definition) is 6. The van der Waals surface area contributed by atoms with Crippen molar-refractivity contribution in [3.05, 3.63) is 63.7 Å². The molecule has 1 N–H and O–H groups in total. The number of carbonyl (C=O) groups excluding carboxylic acids is 1. The molecule has 0 radical (unpaired) electrons. The van der Waals surface area contributed by atoms with Crippen molar-refractivity contribution in [3.63, 3.8) is 0 Å². The quantitative estimate of drug-likeness (QED) is 0.644. The number of nitrogens with one attached hydrogen (secondary N) is 1. The van der Waals surface area contributed by atoms with Gasteiger partial charge < -0.3 is 14.8 Å². The van der Waals surface area contributed by atoms with Gasteiger partial charge in [-0.15, -0.1) is 0 Å². The molecule has 0 saturated carbocycles. The number of likely N-dealkylation sites (N-methyl/N-ethyl adjacent to an activating group) is 1. The Morgan fingerprint density at radius 3 is 2.81 bits per heavy atom. The molecule has 138 valence electrons. The molecule has 0 aromatic heterocycles. The first kappa shape index (κ1) is 16.1. The van der Waals surface area contributed by atoms with Crippen molar-refractivity contribution in [3.8, 4) is 11.5 Å². The summed E-state index contributed by atoms with van der Waals surface area (Å²) in [5.41, 5.74) is 0.720. The van der Waals surface area contributed by atoms with Crippen LogP contribution in [-0.2, 0) is 10.3 Å². The lowest BCUT2D eigenvalue weighted by molar-refractivity contribution is -0.534. The minimum atomic E-state index is -1.33. The molecule has 3 aliphatic rings. The van der Waals surface area contributed by atoms with E-state index in [1.54, 1.807) is 42.3 Å². The van der Waals surface area contributed by atoms with E-state index in [0.29, 0.717) is 29.3 Å². The van der Waals surface area contributed by atoms with Gasteiger partial charge in [0.05, 0.1) is 5.92 Å². The summed E-state index contributed by atoms with van der Waals surface area (Å²) in [5, 5.41) is 15.1. The van der Waals surface area contributed by atoms with E-state index in [1.165, 1.54) is 0 Å². The molecule has 1 fully saturated rings. The van der Waals surface area contributed by atoms with Crippen LogP contribution >= 0.6 is 0 Å². The van der Waals surface area contributed by atoms with Crippen LogP contribution in [0.15, 0.2) is 42.5 Å². The Morgan fingerprint density at radius 2 is 2.00 bits per heavy atom. The lowest BCUT2D eigenvalue weighted by atomic mass is 9.79. The number of benzene rings is 2. The lowest BCUT2D eigenvalue weighted by Gasteiger charge is -2.30. The zero-order valence-electron chi connectivity index (χ0n) is 14.5. The van der Waals surface area contributed by atoms with Crippen LogP contribution in [0.3, 0.4) is 0 Å². The highest BCUT2D eigenvalue weighted by Crippen LogP contribution is 2.52. The highest BCUT2D eigenvalue weighted by Gasteiger charge is 2.68. The fourth-order valence-electron chi connectivity index (χ4n) is 4.72. The van der Waals surface area contributed by atoms with Crippen molar-refractivity contribution < 1.29 is 19.2 Å². The van der Waals surface area contributed by atoms with Crippen LogP contribution < -0.4 is 14.8 Å². The fraction of sp³-hybridized carbons (Fsp3) is 0.316. The third kappa shape index (κ3) is 1.98. The molecule has 1 amide bonds. The van der Waals surface area contributed by atoms with E-state index in [0.717, 1.165) is 5.56 Å². The molecule has 0 unspecified atom stereocenters. The largest absolute Gasteiger partial charge is 0.454 e. The number of carbonyl (C=O) groups is 1. The van der Waals surface area contributed by atoms with E-state index in [2.05, 4.69) is 5.32 Å². The summed E-state index contributed by atoms with van der Waals surface area (Å²) in [7, 11) is 1.77. The number of nitrogens with zero attached hydrogens (tertiary/aromatic N) is 2. The summed E-state index contributed by atoms with van der Waals surface area (Å²) < 4.78 is 10.8. The number of para-hydroxylation sites is 1. The Balaban J connectivity index is 1.67. The van der Waals surface area contributed by atoms with E-state index in [9.17, 15) is 14.9 Å². The number of rotatable bonds is 2. The number of nitro groups is 1. The summed E-state index contributed by atoms with van der Waals surface area (Å²) >= 11 is 0. The average molecular weight is 367 g/mol. The van der Waals surface area contributed by atoms with Gasteiger partial charge >= 0.3 is 0 Å². The second-order valence-electron chi connectivity index (χ2n) is 7.10. The molecular formula is C19H17N3O5. The molecule has 8 nitrogen and oxygen atoms in total. The van der Waals surface area contributed by atoms with Crippen molar-refractivity contribution in [1.82, 2.24) is 4.90 Å². The van der Waals surface area contributed by atoms with Crippen LogP contribution in [0.5, 0.6) is 11.5 Å². The minimum absolute atomic E-state index is 0.141. The number of anilines is 1. The molecule has 5 rings (SSSR count). The molecule has 0 bridgehead atoms. The lowest BCUT2D eigenvalue weighted by Crippen LogP contribution is -2.54. The van der Waals surface area contributed by atoms with E-state index in [-0.39, 0.29) is 17.6 Å². The molecule has 27 heavy (non-hydrogen) atoms. The predicted octanol–water partition coefficient (Wildman–Crippen LogP) is 1.94. The van der Waals surface area contributed by atoms with Gasteiger partial charge in [-0.3, -0.25) is 19.8 Å². The zero-order chi connectivity index (χ0) is 18.8. The van der Waals surface area contributed by atoms with Gasteiger partial charge in [-0.25, -0.2) is 0 Å². The van der Waals surface area contributed by atoms with Gasteiger partial charge in [0.2, 0.25) is 6.79 Å². The Morgan fingerprint density at radius 1 is 1.22 bits per heavy atom. The number of likely N-dealkylation sites (tertiary alicyclic amines) is 1. The van der Waals surface area contributed by atoms with Crippen LogP contribution in [0, 0.1) is 10.1 Å². The Hall–Kier alpha value is -3.13. The summed E-state index contributed by atoms with van der Waals surface area (Å²) in [6, 6.07) is 11.4. The summed E-state index contributed by atoms with van der Waals surface area (Å²) in [4.78, 5) is 26.8. The average Bonchev–Trinajstić information content (AvgIpc) is 3.31. The van der Waals surface area contributed by atoms with Crippen molar-refractivity contribution >= 4 is 11.6 Å². The van der Waals surface area contributed by atoms with Crippen molar-refractivity contribution in [2.75, 3.05) is 25.7 Å². The molecule has 2 aromatic carbocycles. The smallest absolute Gasteiger partial charge is 0.256 e. The second-order valence-corrected chi connectivity index (χ2v) is 7.10. The normalized spacial score (nSPS) is 28.4. The summed E-state index contributed by atoms with van der Waals surface area (Å²) in [6.07, 6.45) is 0. The van der Waals surface area contributed by atoms with Crippen LogP contribution in [0.1, 0.15) is 17.0 Å². The number of ether oxygens (including phenoxy) is 2. The summed E-state index contributed by atoms with van der Waals surface area (Å²) in [6.45, 7) is 0.523. The SMILES string of the molecule is CN1C[C@H](c2ccc3c(c2)OCO3)[C@H]([N+](=O)[O-])[C@]12C(=O)Nc1ccccc12. The molecule has 3 aliphatic heterocycles. The highest BCUT2D eigenvalue weighted by atomic mass is 16.7. The van der Waals surface area contributed by atoms with Gasteiger partial charge in [0.15, 0.2) is 17.0 Å². The Bertz CT molecular complexity index is 978. The maximum atomic E-state index is 13.0. The van der Waals surface area contributed by atoms with Gasteiger partial charge in [-0.2, -0.15) is 0 Å². The molecule has 0 aliphatic carbocycles. The number of hydrogen-bond donors (Lipinski definition) is 1. The van der Waals surface area contributed by atoms with E-state index in [1.807, 2.05) is 12.1 Å². The first-order chi connectivity index (χ1) is 13.0. The number of amides is 1. The standard InChI is InChI=1S/C19H17N3O5/c1-21-9-12(11-6-7-15-16(8-11)27-10-26-15)17(22(24)25)19(21)13-4-2-3-5-14(13)20-18(19)23/h2-8,12,17H,9-10H2,1H3,(H,20,23)/t12-,17+,19-/m1/s1. The molecule has 3 heterocycles. The first-order valence-electron chi connectivity index (χ1n) is 8.68. The van der Waals surface area contributed by atoms with Crippen molar-refractivity contribution in [1.29, 1.82) is 0 Å². The van der Waals surface area contributed by atoms with Gasteiger partial charge in [-0.05, 0) is 30.8 Å². The third-order valence-electron chi connectivity index (χ3n) is 5.87. The van der Waals surface area contributed by atoms with Crippen molar-refractivity contribution in [2.45, 2.75) is 17.5 Å². The minimum Gasteiger partial charge on any atom is -0.454 e. The molecule has 1 saturated heterocycles. The number of fused-ring (bicyclic) bond motifs is 3. The van der Waals surface area contributed by atoms with E-state index < -0.39 is 17.5 Å².